The van der Waals surface area contributed by atoms with Crippen LogP contribution in [-0.4, -0.2) is 11.5 Å². The molecule has 2 aromatic rings. The van der Waals surface area contributed by atoms with Crippen LogP contribution in [0, 0.1) is 0 Å². The molecule has 0 saturated heterocycles. The zero-order chi connectivity index (χ0) is 9.38. The standard InChI is InChI=1S/C11H10N2S/c1-2-8(11-6-14-7-13-11)9-4-5-12-10(9)3-1/h1-3,6-7,12H,4-5H2. The zero-order valence-corrected chi connectivity index (χ0v) is 8.47. The molecular formula is C11H10N2S. The molecule has 0 aliphatic carbocycles. The van der Waals surface area contributed by atoms with Crippen LogP contribution >= 0.6 is 11.3 Å². The first-order valence-corrected chi connectivity index (χ1v) is 5.64. The minimum Gasteiger partial charge on any atom is -0.384 e. The predicted molar refractivity (Wildman–Crippen MR) is 59.7 cm³/mol. The molecule has 14 heavy (non-hydrogen) atoms. The van der Waals surface area contributed by atoms with Crippen molar-refractivity contribution < 1.29 is 0 Å². The van der Waals surface area contributed by atoms with Crippen molar-refractivity contribution in [1.82, 2.24) is 4.98 Å². The van der Waals surface area contributed by atoms with Gasteiger partial charge in [-0.05, 0) is 18.1 Å². The van der Waals surface area contributed by atoms with Crippen LogP contribution in [0.5, 0.6) is 0 Å². The van der Waals surface area contributed by atoms with E-state index < -0.39 is 0 Å². The molecule has 3 heteroatoms. The van der Waals surface area contributed by atoms with Crippen LogP contribution in [-0.2, 0) is 6.42 Å². The van der Waals surface area contributed by atoms with Crippen molar-refractivity contribution in [3.8, 4) is 11.3 Å². The SMILES string of the molecule is c1cc2c(c(-c3cscn3)c1)CCN2. The third-order valence-corrected chi connectivity index (χ3v) is 3.16. The molecule has 1 aromatic carbocycles. The number of anilines is 1. The molecule has 1 aliphatic rings. The molecule has 0 radical (unpaired) electrons. The maximum absolute atomic E-state index is 4.35. The summed E-state index contributed by atoms with van der Waals surface area (Å²) in [5.74, 6) is 0. The highest BCUT2D eigenvalue weighted by Crippen LogP contribution is 2.32. The third-order valence-electron chi connectivity index (χ3n) is 2.57. The maximum Gasteiger partial charge on any atom is 0.0814 e. The highest BCUT2D eigenvalue weighted by molar-refractivity contribution is 7.07. The van der Waals surface area contributed by atoms with Gasteiger partial charge in [-0.3, -0.25) is 0 Å². The Morgan fingerprint density at radius 2 is 2.36 bits per heavy atom. The highest BCUT2D eigenvalue weighted by Gasteiger charge is 2.15. The van der Waals surface area contributed by atoms with Gasteiger partial charge < -0.3 is 5.32 Å². The Kier molecular flexibility index (Phi) is 1.77. The van der Waals surface area contributed by atoms with E-state index in [2.05, 4.69) is 33.9 Å². The van der Waals surface area contributed by atoms with Gasteiger partial charge in [-0.2, -0.15) is 0 Å². The summed E-state index contributed by atoms with van der Waals surface area (Å²) in [4.78, 5) is 4.35. The Bertz CT molecular complexity index is 448. The molecule has 70 valence electrons. The molecule has 0 fully saturated rings. The molecule has 2 nitrogen and oxygen atoms in total. The van der Waals surface area contributed by atoms with E-state index in [1.54, 1.807) is 11.3 Å². The van der Waals surface area contributed by atoms with E-state index in [-0.39, 0.29) is 0 Å². The Balaban J connectivity index is 2.20. The number of hydrogen-bond donors (Lipinski definition) is 1. The highest BCUT2D eigenvalue weighted by atomic mass is 32.1. The van der Waals surface area contributed by atoms with Crippen LogP contribution in [0.1, 0.15) is 5.56 Å². The van der Waals surface area contributed by atoms with Crippen LogP contribution in [0.25, 0.3) is 11.3 Å². The normalized spacial score (nSPS) is 13.7. The minimum absolute atomic E-state index is 1.05. The largest absolute Gasteiger partial charge is 0.384 e. The lowest BCUT2D eigenvalue weighted by molar-refractivity contribution is 1.11. The summed E-state index contributed by atoms with van der Waals surface area (Å²) < 4.78 is 0. The van der Waals surface area contributed by atoms with Crippen LogP contribution < -0.4 is 5.32 Å². The topological polar surface area (TPSA) is 24.9 Å². The fourth-order valence-electron chi connectivity index (χ4n) is 1.93. The number of fused-ring (bicyclic) bond motifs is 1. The van der Waals surface area contributed by atoms with Crippen LogP contribution in [0.3, 0.4) is 0 Å². The van der Waals surface area contributed by atoms with Gasteiger partial charge in [0.1, 0.15) is 0 Å². The average molecular weight is 202 g/mol. The number of aromatic nitrogens is 1. The first kappa shape index (κ1) is 8.00. The number of thiazole rings is 1. The molecular weight excluding hydrogens is 192 g/mol. The van der Waals surface area contributed by atoms with E-state index in [9.17, 15) is 0 Å². The van der Waals surface area contributed by atoms with Crippen LogP contribution in [0.4, 0.5) is 5.69 Å². The van der Waals surface area contributed by atoms with Gasteiger partial charge in [0, 0.05) is 23.2 Å². The molecule has 1 N–H and O–H groups in total. The number of nitrogens with zero attached hydrogens (tertiary/aromatic N) is 1. The summed E-state index contributed by atoms with van der Waals surface area (Å²) in [6.07, 6.45) is 1.11. The number of hydrogen-bond acceptors (Lipinski definition) is 3. The average Bonchev–Trinajstić information content (AvgIpc) is 2.88. The Labute approximate surface area is 86.6 Å². The summed E-state index contributed by atoms with van der Waals surface area (Å²) in [5, 5.41) is 5.48. The van der Waals surface area contributed by atoms with Crippen molar-refractivity contribution in [1.29, 1.82) is 0 Å². The molecule has 0 atom stereocenters. The van der Waals surface area contributed by atoms with Crippen molar-refractivity contribution in [3.05, 3.63) is 34.7 Å². The number of benzene rings is 1. The van der Waals surface area contributed by atoms with E-state index in [1.165, 1.54) is 16.8 Å². The second-order valence-electron chi connectivity index (χ2n) is 3.38. The summed E-state index contributed by atoms with van der Waals surface area (Å²) in [5.41, 5.74) is 6.97. The second-order valence-corrected chi connectivity index (χ2v) is 4.10. The van der Waals surface area contributed by atoms with Crippen molar-refractivity contribution in [2.24, 2.45) is 0 Å². The van der Waals surface area contributed by atoms with Gasteiger partial charge in [0.25, 0.3) is 0 Å². The Morgan fingerprint density at radius 1 is 1.36 bits per heavy atom. The summed E-state index contributed by atoms with van der Waals surface area (Å²) in [7, 11) is 0. The van der Waals surface area contributed by atoms with Crippen molar-refractivity contribution in [2.75, 3.05) is 11.9 Å². The molecule has 3 rings (SSSR count). The lowest BCUT2D eigenvalue weighted by Gasteiger charge is -2.04. The monoisotopic (exact) mass is 202 g/mol. The molecule has 1 aromatic heterocycles. The first-order chi connectivity index (χ1) is 6.95. The van der Waals surface area contributed by atoms with Crippen molar-refractivity contribution >= 4 is 17.0 Å². The van der Waals surface area contributed by atoms with Gasteiger partial charge in [-0.1, -0.05) is 12.1 Å². The Morgan fingerprint density at radius 3 is 3.21 bits per heavy atom. The van der Waals surface area contributed by atoms with Gasteiger partial charge in [-0.25, -0.2) is 4.98 Å². The number of nitrogens with one attached hydrogen (secondary N) is 1. The van der Waals surface area contributed by atoms with E-state index in [0.29, 0.717) is 0 Å². The fraction of sp³-hybridized carbons (Fsp3) is 0.182. The zero-order valence-electron chi connectivity index (χ0n) is 7.66. The van der Waals surface area contributed by atoms with Crippen molar-refractivity contribution in [3.63, 3.8) is 0 Å². The Hall–Kier alpha value is -1.35. The molecule has 1 aliphatic heterocycles. The molecule has 0 saturated carbocycles. The lowest BCUT2D eigenvalue weighted by atomic mass is 10.0. The minimum atomic E-state index is 1.05. The molecule has 0 unspecified atom stereocenters. The van der Waals surface area contributed by atoms with Crippen LogP contribution in [0.15, 0.2) is 29.1 Å². The van der Waals surface area contributed by atoms with E-state index >= 15 is 0 Å². The third kappa shape index (κ3) is 1.13. The quantitative estimate of drug-likeness (QED) is 0.769. The fourth-order valence-corrected chi connectivity index (χ4v) is 2.48. The van der Waals surface area contributed by atoms with Crippen LogP contribution in [0.2, 0.25) is 0 Å². The summed E-state index contributed by atoms with van der Waals surface area (Å²) in [6.45, 7) is 1.05. The van der Waals surface area contributed by atoms with Gasteiger partial charge in [0.2, 0.25) is 0 Å². The molecule has 0 amide bonds. The lowest BCUT2D eigenvalue weighted by Crippen LogP contribution is -1.90. The number of rotatable bonds is 1. The second kappa shape index (κ2) is 3.10. The van der Waals surface area contributed by atoms with Gasteiger partial charge in [0.05, 0.1) is 11.2 Å². The van der Waals surface area contributed by atoms with Gasteiger partial charge >= 0.3 is 0 Å². The van der Waals surface area contributed by atoms with Gasteiger partial charge in [-0.15, -0.1) is 11.3 Å². The smallest absolute Gasteiger partial charge is 0.0814 e. The summed E-state index contributed by atoms with van der Waals surface area (Å²) in [6, 6.07) is 6.38. The molecule has 0 bridgehead atoms. The van der Waals surface area contributed by atoms with E-state index in [0.717, 1.165) is 18.7 Å². The maximum atomic E-state index is 4.35. The van der Waals surface area contributed by atoms with Gasteiger partial charge in [0.15, 0.2) is 0 Å². The van der Waals surface area contributed by atoms with Crippen molar-refractivity contribution in [2.45, 2.75) is 6.42 Å². The first-order valence-electron chi connectivity index (χ1n) is 4.69. The molecule has 0 spiro atoms. The predicted octanol–water partition coefficient (Wildman–Crippen LogP) is 2.78. The van der Waals surface area contributed by atoms with E-state index in [4.69, 9.17) is 0 Å². The van der Waals surface area contributed by atoms with E-state index in [1.807, 2.05) is 5.51 Å². The molecule has 2 heterocycles. The summed E-state index contributed by atoms with van der Waals surface area (Å²) >= 11 is 1.65.